The van der Waals surface area contributed by atoms with E-state index in [4.69, 9.17) is 0 Å². The summed E-state index contributed by atoms with van der Waals surface area (Å²) in [5.41, 5.74) is 0. The fraction of sp³-hybridized carbons (Fsp3) is 0.750. The minimum Gasteiger partial charge on any atom is -0.334 e. The summed E-state index contributed by atoms with van der Waals surface area (Å²) in [6.07, 6.45) is 1.86. The summed E-state index contributed by atoms with van der Waals surface area (Å²) in [6, 6.07) is 0. The standard InChI is InChI=1S/C8H12N2O2/c11-7-8(12)10-4-1-3-9(7)5-2-6-10/h1-6H2. The van der Waals surface area contributed by atoms with E-state index in [1.165, 1.54) is 0 Å². The molecule has 66 valence electrons. The van der Waals surface area contributed by atoms with E-state index in [0.29, 0.717) is 0 Å². The summed E-state index contributed by atoms with van der Waals surface area (Å²) in [7, 11) is 0. The third kappa shape index (κ3) is 1.07. The van der Waals surface area contributed by atoms with Gasteiger partial charge in [-0.2, -0.15) is 0 Å². The third-order valence-electron chi connectivity index (χ3n) is 2.47. The van der Waals surface area contributed by atoms with E-state index in [1.807, 2.05) is 0 Å². The Hall–Kier alpha value is -1.06. The van der Waals surface area contributed by atoms with Gasteiger partial charge in [0.15, 0.2) is 0 Å². The van der Waals surface area contributed by atoms with Crippen LogP contribution in [0.4, 0.5) is 0 Å². The second-order valence-corrected chi connectivity index (χ2v) is 3.29. The number of rotatable bonds is 0. The van der Waals surface area contributed by atoms with Gasteiger partial charge in [0.05, 0.1) is 0 Å². The molecule has 4 heteroatoms. The minimum atomic E-state index is -0.301. The molecule has 2 saturated heterocycles. The molecule has 2 aliphatic rings. The molecule has 0 aromatic carbocycles. The van der Waals surface area contributed by atoms with E-state index in [2.05, 4.69) is 0 Å². The second-order valence-electron chi connectivity index (χ2n) is 3.29. The van der Waals surface area contributed by atoms with Crippen molar-refractivity contribution in [1.29, 1.82) is 0 Å². The van der Waals surface area contributed by atoms with Gasteiger partial charge in [0.2, 0.25) is 0 Å². The molecular weight excluding hydrogens is 156 g/mol. The van der Waals surface area contributed by atoms with Crippen LogP contribution in [0.25, 0.3) is 0 Å². The van der Waals surface area contributed by atoms with E-state index in [1.54, 1.807) is 9.80 Å². The Morgan fingerprint density at radius 1 is 0.750 bits per heavy atom. The first-order valence-electron chi connectivity index (χ1n) is 4.37. The molecule has 2 heterocycles. The third-order valence-corrected chi connectivity index (χ3v) is 2.47. The van der Waals surface area contributed by atoms with Gasteiger partial charge >= 0.3 is 11.8 Å². The molecule has 0 aromatic rings. The zero-order chi connectivity index (χ0) is 8.55. The number of fused-ring (bicyclic) bond motifs is 3. The van der Waals surface area contributed by atoms with Crippen molar-refractivity contribution in [1.82, 2.24) is 9.80 Å². The Morgan fingerprint density at radius 3 is 1.42 bits per heavy atom. The summed E-state index contributed by atoms with van der Waals surface area (Å²) in [5.74, 6) is -0.602. The normalized spacial score (nSPS) is 24.3. The maximum absolute atomic E-state index is 11.4. The molecule has 2 bridgehead atoms. The molecule has 4 nitrogen and oxygen atoms in total. The molecule has 2 aliphatic heterocycles. The van der Waals surface area contributed by atoms with Crippen LogP contribution in [0.15, 0.2) is 0 Å². The Labute approximate surface area is 71.1 Å². The number of carbonyl (C=O) groups excluding carboxylic acids is 2. The highest BCUT2D eigenvalue weighted by Gasteiger charge is 2.32. The predicted octanol–water partition coefficient (Wildman–Crippen LogP) is -0.549. The zero-order valence-corrected chi connectivity index (χ0v) is 6.95. The van der Waals surface area contributed by atoms with Gasteiger partial charge in [-0.1, -0.05) is 0 Å². The van der Waals surface area contributed by atoms with Crippen LogP contribution in [0, 0.1) is 0 Å². The molecule has 2 amide bonds. The van der Waals surface area contributed by atoms with Gasteiger partial charge in [0.25, 0.3) is 0 Å². The van der Waals surface area contributed by atoms with Crippen LogP contribution in [-0.4, -0.2) is 47.8 Å². The molecule has 0 spiro atoms. The lowest BCUT2D eigenvalue weighted by atomic mass is 10.3. The molecule has 2 rings (SSSR count). The lowest BCUT2D eigenvalue weighted by Gasteiger charge is -2.19. The van der Waals surface area contributed by atoms with Gasteiger partial charge in [-0.3, -0.25) is 9.59 Å². The molecule has 0 atom stereocenters. The largest absolute Gasteiger partial charge is 0.334 e. The van der Waals surface area contributed by atoms with E-state index < -0.39 is 0 Å². The Balaban J connectivity index is 2.28. The van der Waals surface area contributed by atoms with Crippen LogP contribution >= 0.6 is 0 Å². The molecule has 0 saturated carbocycles. The fourth-order valence-electron chi connectivity index (χ4n) is 1.81. The summed E-state index contributed by atoms with van der Waals surface area (Å²) >= 11 is 0. The molecule has 0 aromatic heterocycles. The van der Waals surface area contributed by atoms with Crippen LogP contribution in [0.2, 0.25) is 0 Å². The summed E-state index contributed by atoms with van der Waals surface area (Å²) in [5, 5.41) is 0. The van der Waals surface area contributed by atoms with Gasteiger partial charge in [-0.25, -0.2) is 0 Å². The van der Waals surface area contributed by atoms with E-state index in [0.717, 1.165) is 39.0 Å². The van der Waals surface area contributed by atoms with Crippen LogP contribution in [-0.2, 0) is 9.59 Å². The van der Waals surface area contributed by atoms with Crippen LogP contribution in [0.5, 0.6) is 0 Å². The summed E-state index contributed by atoms with van der Waals surface area (Å²) in [4.78, 5) is 26.1. The average Bonchev–Trinajstić information content (AvgIpc) is 2.19. The molecule has 12 heavy (non-hydrogen) atoms. The highest BCUT2D eigenvalue weighted by Crippen LogP contribution is 2.11. The zero-order valence-electron chi connectivity index (χ0n) is 6.95. The maximum atomic E-state index is 11.4. The number of nitrogens with zero attached hydrogens (tertiary/aromatic N) is 2. The molecule has 0 unspecified atom stereocenters. The summed E-state index contributed by atoms with van der Waals surface area (Å²) < 4.78 is 0. The monoisotopic (exact) mass is 168 g/mol. The van der Waals surface area contributed by atoms with Crippen molar-refractivity contribution in [3.8, 4) is 0 Å². The SMILES string of the molecule is O=C1C(=O)N2CCCN1CCC2. The lowest BCUT2D eigenvalue weighted by Crippen LogP contribution is -2.38. The molecule has 0 N–H and O–H groups in total. The smallest absolute Gasteiger partial charge is 0.312 e. The first kappa shape index (κ1) is 7.58. The highest BCUT2D eigenvalue weighted by molar-refractivity contribution is 6.35. The second kappa shape index (κ2) is 2.77. The predicted molar refractivity (Wildman–Crippen MR) is 42.4 cm³/mol. The summed E-state index contributed by atoms with van der Waals surface area (Å²) in [6.45, 7) is 3.00. The van der Waals surface area contributed by atoms with Gasteiger partial charge < -0.3 is 9.80 Å². The molecular formula is C8H12N2O2. The van der Waals surface area contributed by atoms with Crippen molar-refractivity contribution >= 4 is 11.8 Å². The Bertz CT molecular complexity index is 195. The maximum Gasteiger partial charge on any atom is 0.312 e. The molecule has 2 fully saturated rings. The van der Waals surface area contributed by atoms with Crippen molar-refractivity contribution < 1.29 is 9.59 Å². The lowest BCUT2D eigenvalue weighted by molar-refractivity contribution is -0.148. The van der Waals surface area contributed by atoms with Crippen LogP contribution in [0.3, 0.4) is 0 Å². The minimum absolute atomic E-state index is 0.301. The number of hydrogen-bond donors (Lipinski definition) is 0. The molecule has 0 radical (unpaired) electrons. The van der Waals surface area contributed by atoms with Gasteiger partial charge in [0.1, 0.15) is 0 Å². The van der Waals surface area contributed by atoms with E-state index in [-0.39, 0.29) is 11.8 Å². The van der Waals surface area contributed by atoms with Crippen molar-refractivity contribution in [3.63, 3.8) is 0 Å². The first-order chi connectivity index (χ1) is 5.79. The van der Waals surface area contributed by atoms with Crippen LogP contribution < -0.4 is 0 Å². The van der Waals surface area contributed by atoms with Crippen molar-refractivity contribution in [2.45, 2.75) is 12.8 Å². The van der Waals surface area contributed by atoms with Crippen LogP contribution in [0.1, 0.15) is 12.8 Å². The quantitative estimate of drug-likeness (QED) is 0.455. The van der Waals surface area contributed by atoms with Gasteiger partial charge in [0, 0.05) is 26.2 Å². The topological polar surface area (TPSA) is 40.6 Å². The molecule has 0 aliphatic carbocycles. The Kier molecular flexibility index (Phi) is 1.75. The number of amides is 2. The number of carbonyl (C=O) groups is 2. The van der Waals surface area contributed by atoms with Crippen molar-refractivity contribution in [2.24, 2.45) is 0 Å². The van der Waals surface area contributed by atoms with Crippen molar-refractivity contribution in [3.05, 3.63) is 0 Å². The van der Waals surface area contributed by atoms with Gasteiger partial charge in [-0.05, 0) is 12.8 Å². The average molecular weight is 168 g/mol. The Morgan fingerprint density at radius 2 is 1.08 bits per heavy atom. The van der Waals surface area contributed by atoms with E-state index >= 15 is 0 Å². The fourth-order valence-corrected chi connectivity index (χ4v) is 1.81. The highest BCUT2D eigenvalue weighted by atomic mass is 16.2. The number of hydrogen-bond acceptors (Lipinski definition) is 2. The van der Waals surface area contributed by atoms with Gasteiger partial charge in [-0.15, -0.1) is 0 Å². The van der Waals surface area contributed by atoms with Crippen molar-refractivity contribution in [2.75, 3.05) is 26.2 Å². The first-order valence-corrected chi connectivity index (χ1v) is 4.37. The van der Waals surface area contributed by atoms with E-state index in [9.17, 15) is 9.59 Å².